The summed E-state index contributed by atoms with van der Waals surface area (Å²) in [6.07, 6.45) is 7.05. The number of carbonyl (C=O) groups is 2. The van der Waals surface area contributed by atoms with Crippen molar-refractivity contribution in [3.63, 3.8) is 0 Å². The van der Waals surface area contributed by atoms with Gasteiger partial charge in [-0.25, -0.2) is 0 Å². The van der Waals surface area contributed by atoms with Crippen molar-refractivity contribution in [3.05, 3.63) is 78.5 Å². The minimum absolute atomic E-state index is 0.000238. The minimum Gasteiger partial charge on any atom is -0.461 e. The number of aromatic nitrogens is 3. The van der Waals surface area contributed by atoms with E-state index in [0.717, 1.165) is 90.6 Å². The number of benzene rings is 1. The molecule has 8 rings (SSSR count). The van der Waals surface area contributed by atoms with Gasteiger partial charge in [-0.2, -0.15) is 5.10 Å². The Bertz CT molecular complexity index is 2010. The molecule has 6 heterocycles. The summed E-state index contributed by atoms with van der Waals surface area (Å²) < 4.78 is 14.6. The first-order valence-electron chi connectivity index (χ1n) is 16.8. The molecule has 12 heteroatoms. The van der Waals surface area contributed by atoms with E-state index < -0.39 is 5.97 Å². The lowest BCUT2D eigenvalue weighted by Crippen LogP contribution is -2.51. The number of anilines is 3. The Hall–Kier alpha value is -4.26. The molecule has 3 aliphatic heterocycles. The summed E-state index contributed by atoms with van der Waals surface area (Å²) in [6, 6.07) is 8.33. The van der Waals surface area contributed by atoms with Crippen LogP contribution in [0.5, 0.6) is 0 Å². The summed E-state index contributed by atoms with van der Waals surface area (Å²) in [5.74, 6) is 0.219. The number of aryl methyl sites for hydroxylation is 3. The average Bonchev–Trinajstić information content (AvgIpc) is 3.62. The molecule has 250 valence electrons. The van der Waals surface area contributed by atoms with Crippen LogP contribution in [0, 0.1) is 6.92 Å². The standard InChI is InChI=1S/C36H40N6O5S/c1-21-12-28(23-14-30(35(44)39(3)16-23)37-33-15-24-17-40(25-18-46-19-25)10-11-42(24)38-33)29(20-47-22(2)43)31(13-21)41-9-8-27-26-6-4-5-7-32(26)48-34(27)36(41)45/h12-16,25H,4-11,17-20H2,1-3H3,(H,37,38). The van der Waals surface area contributed by atoms with Gasteiger partial charge in [0, 0.05) is 61.9 Å². The van der Waals surface area contributed by atoms with Crippen molar-refractivity contribution in [1.82, 2.24) is 19.2 Å². The van der Waals surface area contributed by atoms with E-state index in [9.17, 15) is 14.4 Å². The molecule has 1 aliphatic carbocycles. The number of rotatable bonds is 7. The van der Waals surface area contributed by atoms with Gasteiger partial charge in [0.05, 0.1) is 42.1 Å². The second kappa shape index (κ2) is 12.3. The number of esters is 1. The molecule has 1 fully saturated rings. The van der Waals surface area contributed by atoms with E-state index in [1.165, 1.54) is 35.8 Å². The van der Waals surface area contributed by atoms with E-state index in [2.05, 4.69) is 10.2 Å². The maximum Gasteiger partial charge on any atom is 0.302 e. The highest BCUT2D eigenvalue weighted by atomic mass is 32.1. The first kappa shape index (κ1) is 31.0. The molecule has 11 nitrogen and oxygen atoms in total. The molecule has 0 spiro atoms. The SMILES string of the molecule is CC(=O)OCc1c(-c2cc(Nc3cc4n(n3)CCN(C3COC3)C4)c(=O)n(C)c2)cc(C)cc1N1CCc2c(sc3c2CCCC3)C1=O. The number of hydrogen-bond donors (Lipinski definition) is 1. The van der Waals surface area contributed by atoms with Crippen LogP contribution in [-0.4, -0.2) is 63.5 Å². The first-order chi connectivity index (χ1) is 23.2. The van der Waals surface area contributed by atoms with Crippen LogP contribution in [0.4, 0.5) is 17.2 Å². The number of amides is 1. The second-order valence-corrected chi connectivity index (χ2v) is 14.5. The van der Waals surface area contributed by atoms with Gasteiger partial charge < -0.3 is 24.3 Å². The number of hydrogen-bond acceptors (Lipinski definition) is 9. The highest BCUT2D eigenvalue weighted by Crippen LogP contribution is 2.41. The molecule has 0 unspecified atom stereocenters. The second-order valence-electron chi connectivity index (χ2n) is 13.4. The van der Waals surface area contributed by atoms with Crippen LogP contribution < -0.4 is 15.8 Å². The summed E-state index contributed by atoms with van der Waals surface area (Å²) in [7, 11) is 1.73. The summed E-state index contributed by atoms with van der Waals surface area (Å²) in [5.41, 5.74) is 7.92. The highest BCUT2D eigenvalue weighted by molar-refractivity contribution is 7.14. The van der Waals surface area contributed by atoms with E-state index in [4.69, 9.17) is 14.6 Å². The largest absolute Gasteiger partial charge is 0.461 e. The van der Waals surface area contributed by atoms with Crippen molar-refractivity contribution < 1.29 is 19.1 Å². The quantitative estimate of drug-likeness (QED) is 0.282. The van der Waals surface area contributed by atoms with Gasteiger partial charge in [-0.1, -0.05) is 6.07 Å². The number of thiophene rings is 1. The van der Waals surface area contributed by atoms with Crippen molar-refractivity contribution in [2.24, 2.45) is 7.05 Å². The molecule has 1 aromatic carbocycles. The van der Waals surface area contributed by atoms with E-state index >= 15 is 0 Å². The summed E-state index contributed by atoms with van der Waals surface area (Å²) in [4.78, 5) is 46.2. The molecular weight excluding hydrogens is 629 g/mol. The van der Waals surface area contributed by atoms with Crippen LogP contribution in [0.1, 0.15) is 62.3 Å². The van der Waals surface area contributed by atoms with E-state index in [1.807, 2.05) is 40.8 Å². The molecule has 48 heavy (non-hydrogen) atoms. The predicted octanol–water partition coefficient (Wildman–Crippen LogP) is 4.72. The Morgan fingerprint density at radius 3 is 2.69 bits per heavy atom. The number of nitrogens with one attached hydrogen (secondary N) is 1. The summed E-state index contributed by atoms with van der Waals surface area (Å²) >= 11 is 1.66. The van der Waals surface area contributed by atoms with E-state index in [-0.39, 0.29) is 18.1 Å². The van der Waals surface area contributed by atoms with Crippen molar-refractivity contribution in [3.8, 4) is 11.1 Å². The third-order valence-corrected chi connectivity index (χ3v) is 11.4. The molecule has 1 amide bonds. The fourth-order valence-corrected chi connectivity index (χ4v) is 8.93. The average molecular weight is 669 g/mol. The van der Waals surface area contributed by atoms with Gasteiger partial charge in [-0.15, -0.1) is 11.3 Å². The molecule has 4 aromatic rings. The Morgan fingerprint density at radius 2 is 1.90 bits per heavy atom. The monoisotopic (exact) mass is 668 g/mol. The Balaban J connectivity index is 1.15. The zero-order chi connectivity index (χ0) is 33.1. The number of ether oxygens (including phenoxy) is 2. The van der Waals surface area contributed by atoms with Gasteiger partial charge in [0.2, 0.25) is 0 Å². The van der Waals surface area contributed by atoms with Crippen molar-refractivity contribution in [2.45, 2.75) is 71.7 Å². The fraction of sp³-hybridized carbons (Fsp3) is 0.444. The first-order valence-corrected chi connectivity index (χ1v) is 17.6. The summed E-state index contributed by atoms with van der Waals surface area (Å²) in [6.45, 7) is 7.97. The van der Waals surface area contributed by atoms with Crippen LogP contribution in [0.2, 0.25) is 0 Å². The van der Waals surface area contributed by atoms with E-state index in [0.29, 0.717) is 24.1 Å². The number of carbonyl (C=O) groups excluding carboxylic acids is 2. The maximum atomic E-state index is 14.2. The smallest absolute Gasteiger partial charge is 0.302 e. The molecule has 1 N–H and O–H groups in total. The van der Waals surface area contributed by atoms with Gasteiger partial charge in [-0.05, 0) is 73.4 Å². The zero-order valence-electron chi connectivity index (χ0n) is 27.6. The third kappa shape index (κ3) is 5.55. The zero-order valence-corrected chi connectivity index (χ0v) is 28.5. The maximum absolute atomic E-state index is 14.2. The Morgan fingerprint density at radius 1 is 1.06 bits per heavy atom. The predicted molar refractivity (Wildman–Crippen MR) is 184 cm³/mol. The van der Waals surface area contributed by atoms with Gasteiger partial charge >= 0.3 is 5.97 Å². The summed E-state index contributed by atoms with van der Waals surface area (Å²) in [5, 5.41) is 8.06. The fourth-order valence-electron chi connectivity index (χ4n) is 7.55. The number of fused-ring (bicyclic) bond motifs is 4. The lowest BCUT2D eigenvalue weighted by molar-refractivity contribution is -0.142. The molecule has 0 saturated carbocycles. The lowest BCUT2D eigenvalue weighted by atomic mass is 9.91. The highest BCUT2D eigenvalue weighted by Gasteiger charge is 2.34. The van der Waals surface area contributed by atoms with Crippen molar-refractivity contribution >= 4 is 40.4 Å². The molecule has 1 saturated heterocycles. The molecule has 0 atom stereocenters. The van der Waals surface area contributed by atoms with Gasteiger partial charge in [0.15, 0.2) is 5.82 Å². The lowest BCUT2D eigenvalue weighted by Gasteiger charge is -2.39. The van der Waals surface area contributed by atoms with Gasteiger partial charge in [-0.3, -0.25) is 24.0 Å². The van der Waals surface area contributed by atoms with Crippen LogP contribution in [0.25, 0.3) is 11.1 Å². The molecule has 3 aromatic heterocycles. The van der Waals surface area contributed by atoms with Crippen molar-refractivity contribution in [1.29, 1.82) is 0 Å². The molecular formula is C36H40N6O5S. The molecule has 4 aliphatic rings. The van der Waals surface area contributed by atoms with Gasteiger partial charge in [0.1, 0.15) is 12.3 Å². The van der Waals surface area contributed by atoms with Crippen LogP contribution in [-0.2, 0) is 60.3 Å². The Labute approximate surface area is 283 Å². The topological polar surface area (TPSA) is 111 Å². The van der Waals surface area contributed by atoms with Gasteiger partial charge in [0.25, 0.3) is 11.5 Å². The Kier molecular flexibility index (Phi) is 7.97. The molecule has 0 bridgehead atoms. The number of nitrogens with zero attached hydrogens (tertiary/aromatic N) is 5. The molecule has 0 radical (unpaired) electrons. The van der Waals surface area contributed by atoms with Crippen LogP contribution >= 0.6 is 11.3 Å². The normalized spacial score (nSPS) is 17.8. The number of pyridine rings is 1. The van der Waals surface area contributed by atoms with Crippen LogP contribution in [0.15, 0.2) is 35.3 Å². The third-order valence-electron chi connectivity index (χ3n) is 10.1. The van der Waals surface area contributed by atoms with Crippen molar-refractivity contribution in [2.75, 3.05) is 36.5 Å². The minimum atomic E-state index is -0.402. The van der Waals surface area contributed by atoms with E-state index in [1.54, 1.807) is 29.1 Å². The van der Waals surface area contributed by atoms with Crippen LogP contribution in [0.3, 0.4) is 0 Å².